The number of aromatic nitrogens is 3. The largest absolute Gasteiger partial charge is 0.359 e. The molecule has 0 aliphatic rings. The van der Waals surface area contributed by atoms with Gasteiger partial charge in [0.2, 0.25) is 0 Å². The number of aromatic amines is 1. The van der Waals surface area contributed by atoms with Gasteiger partial charge < -0.3 is 4.98 Å². The first-order chi connectivity index (χ1) is 10.4. The van der Waals surface area contributed by atoms with Crippen molar-refractivity contribution in [3.05, 3.63) is 73.3 Å². The smallest absolute Gasteiger partial charge is 0.0957 e. The Morgan fingerprint density at radius 2 is 1.67 bits per heavy atom. The molecule has 0 bridgehead atoms. The molecule has 0 atom stereocenters. The lowest BCUT2D eigenvalue weighted by Gasteiger charge is -2.04. The van der Waals surface area contributed by atoms with Crippen LogP contribution in [-0.4, -0.2) is 15.0 Å². The van der Waals surface area contributed by atoms with Gasteiger partial charge in [-0.2, -0.15) is 0 Å². The zero-order valence-electron chi connectivity index (χ0n) is 11.3. The fourth-order valence-electron chi connectivity index (χ4n) is 2.55. The lowest BCUT2D eigenvalue weighted by atomic mass is 10.0. The molecule has 0 radical (unpaired) electrons. The Morgan fingerprint density at radius 3 is 2.57 bits per heavy atom. The van der Waals surface area contributed by atoms with Crippen LogP contribution < -0.4 is 0 Å². The molecular formula is C18H13N3. The fourth-order valence-corrected chi connectivity index (χ4v) is 2.55. The summed E-state index contributed by atoms with van der Waals surface area (Å²) in [7, 11) is 0. The number of H-pyrrole nitrogens is 1. The van der Waals surface area contributed by atoms with Gasteiger partial charge in [0.1, 0.15) is 0 Å². The summed E-state index contributed by atoms with van der Waals surface area (Å²) >= 11 is 0. The highest BCUT2D eigenvalue weighted by Gasteiger charge is 2.08. The minimum Gasteiger partial charge on any atom is -0.359 e. The standard InChI is InChI=1S/C18H13N3/c1-2-5-13(6-3-1)14-9-15(11-19-10-14)16-12-21-17-7-4-8-20-18(16)17/h1-12,21H. The SMILES string of the molecule is c1ccc(-c2cncc(-c3c[nH]c4cccnc34)c2)cc1. The minimum atomic E-state index is 0.976. The van der Waals surface area contributed by atoms with Crippen LogP contribution in [-0.2, 0) is 0 Å². The molecule has 0 unspecified atom stereocenters. The molecular weight excluding hydrogens is 258 g/mol. The Balaban J connectivity index is 1.87. The molecule has 0 fully saturated rings. The minimum absolute atomic E-state index is 0.976. The molecule has 0 aliphatic carbocycles. The van der Waals surface area contributed by atoms with Crippen molar-refractivity contribution in [1.82, 2.24) is 15.0 Å². The summed E-state index contributed by atoms with van der Waals surface area (Å²) in [4.78, 5) is 12.1. The molecule has 3 aromatic heterocycles. The second-order valence-corrected chi connectivity index (χ2v) is 4.93. The highest BCUT2D eigenvalue weighted by Crippen LogP contribution is 2.29. The first-order valence-corrected chi connectivity index (χ1v) is 6.85. The quantitative estimate of drug-likeness (QED) is 0.591. The van der Waals surface area contributed by atoms with Crippen molar-refractivity contribution in [2.45, 2.75) is 0 Å². The van der Waals surface area contributed by atoms with E-state index in [1.807, 2.05) is 55.1 Å². The summed E-state index contributed by atoms with van der Waals surface area (Å²) < 4.78 is 0. The Morgan fingerprint density at radius 1 is 0.810 bits per heavy atom. The average Bonchev–Trinajstić information content (AvgIpc) is 3.00. The highest BCUT2D eigenvalue weighted by atomic mass is 14.8. The lowest BCUT2D eigenvalue weighted by molar-refractivity contribution is 1.33. The van der Waals surface area contributed by atoms with Crippen LogP contribution in [0.2, 0.25) is 0 Å². The predicted molar refractivity (Wildman–Crippen MR) is 84.8 cm³/mol. The van der Waals surface area contributed by atoms with E-state index in [0.29, 0.717) is 0 Å². The molecule has 0 spiro atoms. The first-order valence-electron chi connectivity index (χ1n) is 6.85. The third kappa shape index (κ3) is 2.09. The number of benzene rings is 1. The van der Waals surface area contributed by atoms with Crippen LogP contribution in [0.25, 0.3) is 33.3 Å². The van der Waals surface area contributed by atoms with Gasteiger partial charge in [0.05, 0.1) is 11.0 Å². The maximum atomic E-state index is 4.46. The fraction of sp³-hybridized carbons (Fsp3) is 0. The van der Waals surface area contributed by atoms with Crippen LogP contribution in [0.4, 0.5) is 0 Å². The summed E-state index contributed by atoms with van der Waals surface area (Å²) in [6, 6.07) is 16.4. The third-order valence-electron chi connectivity index (χ3n) is 3.59. The summed E-state index contributed by atoms with van der Waals surface area (Å²) in [5.74, 6) is 0. The van der Waals surface area contributed by atoms with Crippen molar-refractivity contribution in [2.24, 2.45) is 0 Å². The Bertz CT molecular complexity index is 894. The maximum Gasteiger partial charge on any atom is 0.0957 e. The molecule has 0 aliphatic heterocycles. The van der Waals surface area contributed by atoms with Crippen molar-refractivity contribution in [3.8, 4) is 22.3 Å². The predicted octanol–water partition coefficient (Wildman–Crippen LogP) is 4.29. The average molecular weight is 271 g/mol. The molecule has 1 N–H and O–H groups in total. The van der Waals surface area contributed by atoms with Crippen molar-refractivity contribution in [3.63, 3.8) is 0 Å². The summed E-state index contributed by atoms with van der Waals surface area (Å²) in [6.45, 7) is 0. The van der Waals surface area contributed by atoms with Gasteiger partial charge in [0.25, 0.3) is 0 Å². The lowest BCUT2D eigenvalue weighted by Crippen LogP contribution is -1.84. The van der Waals surface area contributed by atoms with Crippen molar-refractivity contribution < 1.29 is 0 Å². The van der Waals surface area contributed by atoms with Crippen molar-refractivity contribution >= 4 is 11.0 Å². The van der Waals surface area contributed by atoms with Crippen molar-refractivity contribution in [2.75, 3.05) is 0 Å². The van der Waals surface area contributed by atoms with E-state index < -0.39 is 0 Å². The third-order valence-corrected chi connectivity index (χ3v) is 3.59. The molecule has 3 heterocycles. The van der Waals surface area contributed by atoms with Crippen LogP contribution in [0.1, 0.15) is 0 Å². The number of rotatable bonds is 2. The van der Waals surface area contributed by atoms with Gasteiger partial charge in [0.15, 0.2) is 0 Å². The van der Waals surface area contributed by atoms with Crippen LogP contribution in [0.3, 0.4) is 0 Å². The normalized spacial score (nSPS) is 10.9. The number of hydrogen-bond acceptors (Lipinski definition) is 2. The summed E-state index contributed by atoms with van der Waals surface area (Å²) in [5.41, 5.74) is 6.44. The molecule has 0 saturated carbocycles. The first kappa shape index (κ1) is 11.9. The van der Waals surface area contributed by atoms with E-state index in [-0.39, 0.29) is 0 Å². The van der Waals surface area contributed by atoms with E-state index in [2.05, 4.69) is 33.2 Å². The second kappa shape index (κ2) is 4.87. The van der Waals surface area contributed by atoms with Crippen LogP contribution in [0, 0.1) is 0 Å². The molecule has 1 aromatic carbocycles. The number of pyridine rings is 2. The van der Waals surface area contributed by atoms with E-state index in [4.69, 9.17) is 0 Å². The molecule has 4 aromatic rings. The highest BCUT2D eigenvalue weighted by molar-refractivity contribution is 5.92. The number of nitrogens with zero attached hydrogens (tertiary/aromatic N) is 2. The Kier molecular flexibility index (Phi) is 2.75. The Hall–Kier alpha value is -2.94. The molecule has 4 rings (SSSR count). The number of nitrogens with one attached hydrogen (secondary N) is 1. The molecule has 100 valence electrons. The van der Waals surface area contributed by atoms with Crippen LogP contribution in [0.5, 0.6) is 0 Å². The zero-order chi connectivity index (χ0) is 14.1. The van der Waals surface area contributed by atoms with Gasteiger partial charge >= 0.3 is 0 Å². The maximum absolute atomic E-state index is 4.46. The number of hydrogen-bond donors (Lipinski definition) is 1. The van der Waals surface area contributed by atoms with E-state index in [0.717, 1.165) is 27.7 Å². The van der Waals surface area contributed by atoms with Crippen LogP contribution in [0.15, 0.2) is 73.3 Å². The van der Waals surface area contributed by atoms with Crippen molar-refractivity contribution in [1.29, 1.82) is 0 Å². The molecule has 21 heavy (non-hydrogen) atoms. The van der Waals surface area contributed by atoms with Gasteiger partial charge in [-0.3, -0.25) is 9.97 Å². The molecule has 3 nitrogen and oxygen atoms in total. The summed E-state index contributed by atoms with van der Waals surface area (Å²) in [6.07, 6.45) is 7.57. The topological polar surface area (TPSA) is 41.6 Å². The molecule has 3 heteroatoms. The Labute approximate surface area is 122 Å². The monoisotopic (exact) mass is 271 g/mol. The van der Waals surface area contributed by atoms with Gasteiger partial charge in [-0.05, 0) is 23.8 Å². The summed E-state index contributed by atoms with van der Waals surface area (Å²) in [5, 5.41) is 0. The van der Waals surface area contributed by atoms with E-state index >= 15 is 0 Å². The number of fused-ring (bicyclic) bond motifs is 1. The molecule has 0 saturated heterocycles. The second-order valence-electron chi connectivity index (χ2n) is 4.93. The van der Waals surface area contributed by atoms with Gasteiger partial charge in [-0.15, -0.1) is 0 Å². The van der Waals surface area contributed by atoms with E-state index in [1.165, 1.54) is 5.56 Å². The zero-order valence-corrected chi connectivity index (χ0v) is 11.3. The van der Waals surface area contributed by atoms with Gasteiger partial charge in [-0.25, -0.2) is 0 Å². The van der Waals surface area contributed by atoms with Gasteiger partial charge in [-0.1, -0.05) is 30.3 Å². The van der Waals surface area contributed by atoms with Crippen LogP contribution >= 0.6 is 0 Å². The molecule has 0 amide bonds. The van der Waals surface area contributed by atoms with Gasteiger partial charge in [0, 0.05) is 41.5 Å². The van der Waals surface area contributed by atoms with E-state index in [1.54, 1.807) is 0 Å². The van der Waals surface area contributed by atoms with E-state index in [9.17, 15) is 0 Å².